The van der Waals surface area contributed by atoms with Crippen molar-refractivity contribution >= 4 is 0 Å². The van der Waals surface area contributed by atoms with Crippen molar-refractivity contribution in [2.75, 3.05) is 34.3 Å². The number of hydrogen-bond acceptors (Lipinski definition) is 3. The van der Waals surface area contributed by atoms with Crippen molar-refractivity contribution in [3.8, 4) is 0 Å². The molecule has 0 aromatic heterocycles. The molecule has 1 saturated carbocycles. The van der Waals surface area contributed by atoms with Crippen LogP contribution in [0.1, 0.15) is 19.3 Å². The van der Waals surface area contributed by atoms with Gasteiger partial charge in [0.25, 0.3) is 0 Å². The van der Waals surface area contributed by atoms with E-state index in [2.05, 4.69) is 24.3 Å². The number of ether oxygens (including phenoxy) is 1. The second-order valence-electron chi connectivity index (χ2n) is 4.13. The highest BCUT2D eigenvalue weighted by molar-refractivity contribution is 4.80. The number of nitrogens with zero attached hydrogens (tertiary/aromatic N) is 1. The predicted octanol–water partition coefficient (Wildman–Crippen LogP) is 0.705. The maximum Gasteiger partial charge on any atom is 0.0586 e. The Hall–Kier alpha value is -0.120. The van der Waals surface area contributed by atoms with E-state index in [0.717, 1.165) is 13.1 Å². The maximum atomic E-state index is 5.32. The number of methoxy groups -OCH3 is 1. The first-order valence-electron chi connectivity index (χ1n) is 5.13. The Labute approximate surface area is 81.4 Å². The van der Waals surface area contributed by atoms with Crippen LogP contribution in [0.2, 0.25) is 0 Å². The molecule has 78 valence electrons. The van der Waals surface area contributed by atoms with Crippen molar-refractivity contribution in [2.24, 2.45) is 0 Å². The largest absolute Gasteiger partial charge is 0.381 e. The molecular weight excluding hydrogens is 164 g/mol. The van der Waals surface area contributed by atoms with E-state index in [1.165, 1.54) is 19.3 Å². The molecule has 1 rings (SSSR count). The van der Waals surface area contributed by atoms with Gasteiger partial charge in [-0.1, -0.05) is 0 Å². The molecule has 0 radical (unpaired) electrons. The summed E-state index contributed by atoms with van der Waals surface area (Å²) >= 11 is 0. The lowest BCUT2D eigenvalue weighted by atomic mass is 10.2. The van der Waals surface area contributed by atoms with E-state index in [0.29, 0.717) is 12.1 Å². The lowest BCUT2D eigenvalue weighted by molar-refractivity contribution is 0.107. The monoisotopic (exact) mass is 186 g/mol. The van der Waals surface area contributed by atoms with Crippen LogP contribution in [0.3, 0.4) is 0 Å². The van der Waals surface area contributed by atoms with Crippen molar-refractivity contribution < 1.29 is 4.74 Å². The number of likely N-dealkylation sites (N-methyl/N-ethyl adjacent to an activating group) is 1. The molecule has 1 N–H and O–H groups in total. The lowest BCUT2D eigenvalue weighted by Gasteiger charge is -2.15. The molecule has 0 amide bonds. The Morgan fingerprint density at radius 3 is 2.69 bits per heavy atom. The normalized spacial score (nSPS) is 28.6. The van der Waals surface area contributed by atoms with E-state index in [-0.39, 0.29) is 0 Å². The summed E-state index contributed by atoms with van der Waals surface area (Å²) < 4.78 is 5.32. The molecular formula is C10H22N2O. The van der Waals surface area contributed by atoms with E-state index >= 15 is 0 Å². The highest BCUT2D eigenvalue weighted by atomic mass is 16.5. The number of nitrogens with one attached hydrogen (secondary N) is 1. The zero-order chi connectivity index (χ0) is 9.68. The molecule has 0 heterocycles. The Bertz CT molecular complexity index is 139. The molecule has 3 nitrogen and oxygen atoms in total. The molecule has 1 fully saturated rings. The van der Waals surface area contributed by atoms with Gasteiger partial charge in [0, 0.05) is 26.2 Å². The zero-order valence-electron chi connectivity index (χ0n) is 9.05. The van der Waals surface area contributed by atoms with Crippen molar-refractivity contribution in [3.05, 3.63) is 0 Å². The zero-order valence-corrected chi connectivity index (χ0v) is 9.05. The third-order valence-electron chi connectivity index (χ3n) is 2.71. The topological polar surface area (TPSA) is 24.5 Å². The second-order valence-corrected chi connectivity index (χ2v) is 4.13. The average Bonchev–Trinajstić information content (AvgIpc) is 2.52. The van der Waals surface area contributed by atoms with Crippen LogP contribution < -0.4 is 5.32 Å². The van der Waals surface area contributed by atoms with Gasteiger partial charge in [-0.05, 0) is 33.4 Å². The first-order valence-corrected chi connectivity index (χ1v) is 5.13. The SMILES string of the molecule is COC1CCC(NCCN(C)C)C1. The van der Waals surface area contributed by atoms with Crippen LogP contribution in [0.5, 0.6) is 0 Å². The fourth-order valence-electron chi connectivity index (χ4n) is 1.83. The molecule has 13 heavy (non-hydrogen) atoms. The van der Waals surface area contributed by atoms with Gasteiger partial charge in [-0.3, -0.25) is 0 Å². The van der Waals surface area contributed by atoms with Crippen LogP contribution in [0.15, 0.2) is 0 Å². The van der Waals surface area contributed by atoms with Crippen LogP contribution >= 0.6 is 0 Å². The van der Waals surface area contributed by atoms with Crippen molar-refractivity contribution in [2.45, 2.75) is 31.4 Å². The summed E-state index contributed by atoms with van der Waals surface area (Å²) in [5.41, 5.74) is 0. The standard InChI is InChI=1S/C10H22N2O/c1-12(2)7-6-11-9-4-5-10(8-9)13-3/h9-11H,4-8H2,1-3H3. The smallest absolute Gasteiger partial charge is 0.0586 e. The van der Waals surface area contributed by atoms with Gasteiger partial charge in [-0.25, -0.2) is 0 Å². The van der Waals surface area contributed by atoms with Gasteiger partial charge in [-0.15, -0.1) is 0 Å². The summed E-state index contributed by atoms with van der Waals surface area (Å²) in [5.74, 6) is 0. The van der Waals surface area contributed by atoms with Gasteiger partial charge in [0.05, 0.1) is 6.10 Å². The Morgan fingerprint density at radius 1 is 1.38 bits per heavy atom. The van der Waals surface area contributed by atoms with Crippen molar-refractivity contribution in [1.29, 1.82) is 0 Å². The van der Waals surface area contributed by atoms with Crippen LogP contribution in [0, 0.1) is 0 Å². The molecule has 2 atom stereocenters. The van der Waals surface area contributed by atoms with Gasteiger partial charge in [-0.2, -0.15) is 0 Å². The summed E-state index contributed by atoms with van der Waals surface area (Å²) in [6, 6.07) is 0.685. The van der Waals surface area contributed by atoms with Gasteiger partial charge in [0.2, 0.25) is 0 Å². The lowest BCUT2D eigenvalue weighted by Crippen LogP contribution is -2.33. The minimum Gasteiger partial charge on any atom is -0.381 e. The minimum atomic E-state index is 0.497. The first-order chi connectivity index (χ1) is 6.22. The van der Waals surface area contributed by atoms with Gasteiger partial charge in [0.15, 0.2) is 0 Å². The maximum absolute atomic E-state index is 5.32. The summed E-state index contributed by atoms with van der Waals surface area (Å²) in [7, 11) is 6.02. The first kappa shape index (κ1) is 11.0. The number of rotatable bonds is 5. The second kappa shape index (κ2) is 5.58. The van der Waals surface area contributed by atoms with E-state index < -0.39 is 0 Å². The molecule has 1 aliphatic rings. The molecule has 0 aliphatic heterocycles. The Morgan fingerprint density at radius 2 is 2.15 bits per heavy atom. The van der Waals surface area contributed by atoms with E-state index in [1.807, 2.05) is 7.11 Å². The summed E-state index contributed by atoms with van der Waals surface area (Å²) in [4.78, 5) is 2.20. The predicted molar refractivity (Wildman–Crippen MR) is 55.0 cm³/mol. The molecule has 0 saturated heterocycles. The quantitative estimate of drug-likeness (QED) is 0.684. The fourth-order valence-corrected chi connectivity index (χ4v) is 1.83. The summed E-state index contributed by atoms with van der Waals surface area (Å²) in [6.45, 7) is 2.21. The van der Waals surface area contributed by atoms with E-state index in [1.54, 1.807) is 0 Å². The van der Waals surface area contributed by atoms with E-state index in [4.69, 9.17) is 4.74 Å². The van der Waals surface area contributed by atoms with Crippen LogP contribution in [0.25, 0.3) is 0 Å². The average molecular weight is 186 g/mol. The summed E-state index contributed by atoms with van der Waals surface area (Å²) in [6.07, 6.45) is 4.17. The number of hydrogen-bond donors (Lipinski definition) is 1. The molecule has 0 aromatic rings. The molecule has 2 unspecified atom stereocenters. The van der Waals surface area contributed by atoms with Gasteiger partial charge in [0.1, 0.15) is 0 Å². The van der Waals surface area contributed by atoms with Gasteiger partial charge < -0.3 is 15.0 Å². The molecule has 1 aliphatic carbocycles. The fraction of sp³-hybridized carbons (Fsp3) is 1.00. The highest BCUT2D eigenvalue weighted by Crippen LogP contribution is 2.20. The third kappa shape index (κ3) is 4.07. The van der Waals surface area contributed by atoms with Crippen molar-refractivity contribution in [3.63, 3.8) is 0 Å². The summed E-state index contributed by atoms with van der Waals surface area (Å²) in [5, 5.41) is 3.56. The third-order valence-corrected chi connectivity index (χ3v) is 2.71. The highest BCUT2D eigenvalue weighted by Gasteiger charge is 2.23. The van der Waals surface area contributed by atoms with Gasteiger partial charge >= 0.3 is 0 Å². The molecule has 3 heteroatoms. The van der Waals surface area contributed by atoms with Crippen LogP contribution in [0.4, 0.5) is 0 Å². The molecule has 0 bridgehead atoms. The van der Waals surface area contributed by atoms with E-state index in [9.17, 15) is 0 Å². The van der Waals surface area contributed by atoms with Crippen molar-refractivity contribution in [1.82, 2.24) is 10.2 Å². The molecule has 0 spiro atoms. The van der Waals surface area contributed by atoms with Crippen LogP contribution in [-0.2, 0) is 4.74 Å². The Kier molecular flexibility index (Phi) is 4.70. The van der Waals surface area contributed by atoms with Crippen LogP contribution in [-0.4, -0.2) is 51.3 Å². The Balaban J connectivity index is 2.03. The minimum absolute atomic E-state index is 0.497. The molecule has 0 aromatic carbocycles.